The predicted molar refractivity (Wildman–Crippen MR) is 116 cm³/mol. The molecule has 0 fully saturated rings. The van der Waals surface area contributed by atoms with Gasteiger partial charge in [0.25, 0.3) is 0 Å². The summed E-state index contributed by atoms with van der Waals surface area (Å²) >= 11 is 4.08. The highest BCUT2D eigenvalue weighted by atomic mass is 32.2. The molecule has 0 saturated heterocycles. The molecule has 1 aliphatic heterocycles. The number of allylic oxidation sites excluding steroid dienone is 3. The first-order chi connectivity index (χ1) is 12.1. The Morgan fingerprint density at radius 2 is 1.84 bits per heavy atom. The lowest BCUT2D eigenvalue weighted by molar-refractivity contribution is 1.05. The second-order valence-corrected chi connectivity index (χ2v) is 12.4. The number of thiophene rings is 1. The fourth-order valence-electron chi connectivity index (χ4n) is 4.63. The number of aryl methyl sites for hydroxylation is 1. The van der Waals surface area contributed by atoms with Gasteiger partial charge in [0.05, 0.1) is 14.0 Å². The van der Waals surface area contributed by atoms with Crippen LogP contribution in [0.4, 0.5) is 0 Å². The SMILES string of the molecule is CC1=C(C2C=Cc3ccccc32)C2=c3c([Si](C)C)c(C)sc3=CC2S1. The fraction of sp³-hybridized carbons (Fsp3) is 0.273. The van der Waals surface area contributed by atoms with Crippen molar-refractivity contribution in [1.82, 2.24) is 0 Å². The summed E-state index contributed by atoms with van der Waals surface area (Å²) in [5.41, 5.74) is 6.09. The first-order valence-electron chi connectivity index (χ1n) is 8.87. The predicted octanol–water partition coefficient (Wildman–Crippen LogP) is 4.16. The van der Waals surface area contributed by atoms with Gasteiger partial charge in [0.15, 0.2) is 0 Å². The van der Waals surface area contributed by atoms with Crippen LogP contribution in [0.3, 0.4) is 0 Å². The second-order valence-electron chi connectivity index (χ2n) is 7.33. The van der Waals surface area contributed by atoms with Crippen molar-refractivity contribution in [3.63, 3.8) is 0 Å². The Kier molecular flexibility index (Phi) is 3.57. The largest absolute Gasteiger partial charge is 0.141 e. The highest BCUT2D eigenvalue weighted by Crippen LogP contribution is 2.51. The van der Waals surface area contributed by atoms with Crippen LogP contribution >= 0.6 is 23.1 Å². The zero-order valence-corrected chi connectivity index (χ0v) is 17.6. The van der Waals surface area contributed by atoms with Gasteiger partial charge in [-0.15, -0.1) is 23.1 Å². The Balaban J connectivity index is 1.78. The third-order valence-corrected chi connectivity index (χ3v) is 9.63. The summed E-state index contributed by atoms with van der Waals surface area (Å²) in [5.74, 6) is 0.431. The Hall–Kier alpha value is -1.29. The van der Waals surface area contributed by atoms with E-state index in [4.69, 9.17) is 0 Å². The summed E-state index contributed by atoms with van der Waals surface area (Å²) in [4.78, 5) is 3.06. The van der Waals surface area contributed by atoms with Crippen molar-refractivity contribution in [3.8, 4) is 0 Å². The molecule has 2 heterocycles. The number of thioether (sulfide) groups is 1. The molecular formula is C22H21S2Si. The van der Waals surface area contributed by atoms with E-state index in [0.717, 1.165) is 0 Å². The van der Waals surface area contributed by atoms with Crippen molar-refractivity contribution in [2.45, 2.75) is 38.1 Å². The van der Waals surface area contributed by atoms with Gasteiger partial charge in [-0.05, 0) is 57.5 Å². The first-order valence-corrected chi connectivity index (χ1v) is 13.1. The van der Waals surface area contributed by atoms with Crippen LogP contribution in [-0.4, -0.2) is 14.0 Å². The number of hydrogen-bond donors (Lipinski definition) is 0. The molecule has 1 radical (unpaired) electrons. The molecule has 5 rings (SSSR count). The molecule has 2 aromatic rings. The molecule has 1 aromatic carbocycles. The molecule has 0 N–H and O–H groups in total. The fourth-order valence-corrected chi connectivity index (χ4v) is 9.41. The second kappa shape index (κ2) is 5.60. The maximum atomic E-state index is 2.53. The van der Waals surface area contributed by atoms with Gasteiger partial charge in [-0.2, -0.15) is 0 Å². The number of benzene rings is 1. The van der Waals surface area contributed by atoms with Gasteiger partial charge in [-0.3, -0.25) is 0 Å². The zero-order valence-electron chi connectivity index (χ0n) is 15.0. The van der Waals surface area contributed by atoms with Crippen molar-refractivity contribution in [2.75, 3.05) is 0 Å². The number of rotatable bonds is 2. The maximum Gasteiger partial charge on any atom is 0.0814 e. The van der Waals surface area contributed by atoms with Crippen LogP contribution in [-0.2, 0) is 0 Å². The topological polar surface area (TPSA) is 0 Å². The summed E-state index contributed by atoms with van der Waals surface area (Å²) in [6.07, 6.45) is 7.26. The average molecular weight is 378 g/mol. The van der Waals surface area contributed by atoms with Crippen LogP contribution in [0.25, 0.3) is 17.7 Å². The molecule has 0 spiro atoms. The molecule has 0 nitrogen and oxygen atoms in total. The average Bonchev–Trinajstić information content (AvgIpc) is 3.26. The smallest absolute Gasteiger partial charge is 0.0814 e. The molecule has 2 atom stereocenters. The summed E-state index contributed by atoms with van der Waals surface area (Å²) in [5, 5.41) is 3.84. The molecule has 1 aromatic heterocycles. The molecule has 3 heteroatoms. The molecule has 2 aliphatic carbocycles. The highest BCUT2D eigenvalue weighted by Gasteiger charge is 2.37. The van der Waals surface area contributed by atoms with Crippen molar-refractivity contribution in [3.05, 3.63) is 66.6 Å². The van der Waals surface area contributed by atoms with Crippen molar-refractivity contribution < 1.29 is 0 Å². The van der Waals surface area contributed by atoms with Gasteiger partial charge in [0, 0.05) is 15.3 Å². The quantitative estimate of drug-likeness (QED) is 0.708. The minimum absolute atomic E-state index is 0.431. The van der Waals surface area contributed by atoms with Crippen LogP contribution in [0.15, 0.2) is 40.8 Å². The van der Waals surface area contributed by atoms with Crippen LogP contribution in [0.1, 0.15) is 28.8 Å². The maximum absolute atomic E-state index is 2.53. The van der Waals surface area contributed by atoms with Gasteiger partial charge in [-0.25, -0.2) is 0 Å². The van der Waals surface area contributed by atoms with Gasteiger partial charge in [0.2, 0.25) is 0 Å². The normalized spacial score (nSPS) is 23.3. The summed E-state index contributed by atoms with van der Waals surface area (Å²) in [6.45, 7) is 9.53. The highest BCUT2D eigenvalue weighted by molar-refractivity contribution is 8.04. The summed E-state index contributed by atoms with van der Waals surface area (Å²) < 4.78 is 1.53. The van der Waals surface area contributed by atoms with Crippen LogP contribution in [0.5, 0.6) is 0 Å². The van der Waals surface area contributed by atoms with Gasteiger partial charge >= 0.3 is 0 Å². The lowest BCUT2D eigenvalue weighted by Crippen LogP contribution is -2.42. The lowest BCUT2D eigenvalue weighted by atomic mass is 9.87. The number of fused-ring (bicyclic) bond motifs is 3. The molecule has 3 aliphatic rings. The molecule has 25 heavy (non-hydrogen) atoms. The summed E-state index contributed by atoms with van der Waals surface area (Å²) in [6, 6.07) is 8.89. The monoisotopic (exact) mass is 377 g/mol. The third-order valence-electron chi connectivity index (χ3n) is 5.55. The van der Waals surface area contributed by atoms with Crippen LogP contribution in [0.2, 0.25) is 13.1 Å². The van der Waals surface area contributed by atoms with Crippen LogP contribution in [0, 0.1) is 6.92 Å². The van der Waals surface area contributed by atoms with E-state index in [0.29, 0.717) is 11.2 Å². The lowest BCUT2D eigenvalue weighted by Gasteiger charge is -2.17. The van der Waals surface area contributed by atoms with E-state index in [1.54, 1.807) is 26.4 Å². The summed E-state index contributed by atoms with van der Waals surface area (Å²) in [7, 11) is -0.465. The first kappa shape index (κ1) is 15.9. The van der Waals surface area contributed by atoms with Crippen molar-refractivity contribution >= 4 is 54.8 Å². The molecular weight excluding hydrogens is 356 g/mol. The molecule has 0 amide bonds. The van der Waals surface area contributed by atoms with E-state index in [2.05, 4.69) is 81.2 Å². The van der Waals surface area contributed by atoms with E-state index in [9.17, 15) is 0 Å². The van der Waals surface area contributed by atoms with E-state index < -0.39 is 8.80 Å². The standard InChI is InChI=1S/C22H21S2Si/c1-12-19(16-10-9-14-7-5-6-8-15(14)16)20-17(23-12)11-18-21(20)22(25(3)4)13(2)24-18/h5-11,16-17H,1-4H3. The zero-order chi connectivity index (χ0) is 17.3. The third kappa shape index (κ3) is 2.19. The molecule has 2 unspecified atom stereocenters. The van der Waals surface area contributed by atoms with E-state index in [1.807, 2.05) is 11.3 Å². The van der Waals surface area contributed by atoms with Crippen molar-refractivity contribution in [1.29, 1.82) is 0 Å². The van der Waals surface area contributed by atoms with E-state index >= 15 is 0 Å². The number of hydrogen-bond acceptors (Lipinski definition) is 2. The minimum atomic E-state index is -0.465. The van der Waals surface area contributed by atoms with Crippen molar-refractivity contribution in [2.24, 2.45) is 0 Å². The Morgan fingerprint density at radius 1 is 1.04 bits per heavy atom. The Labute approximate surface area is 159 Å². The minimum Gasteiger partial charge on any atom is -0.141 e. The Morgan fingerprint density at radius 3 is 2.64 bits per heavy atom. The van der Waals surface area contributed by atoms with E-state index in [-0.39, 0.29) is 0 Å². The molecule has 125 valence electrons. The van der Waals surface area contributed by atoms with Gasteiger partial charge in [-0.1, -0.05) is 49.5 Å². The molecule has 0 saturated carbocycles. The van der Waals surface area contributed by atoms with Gasteiger partial charge < -0.3 is 0 Å². The Bertz CT molecular complexity index is 1080. The van der Waals surface area contributed by atoms with Crippen LogP contribution < -0.4 is 14.9 Å². The molecule has 0 bridgehead atoms. The van der Waals surface area contributed by atoms with E-state index in [1.165, 1.54) is 20.6 Å². The van der Waals surface area contributed by atoms with Gasteiger partial charge in [0.1, 0.15) is 0 Å².